The second-order valence-electron chi connectivity index (χ2n) is 5.63. The van der Waals surface area contributed by atoms with E-state index >= 15 is 0 Å². The molecule has 0 radical (unpaired) electrons. The number of hydrogen-bond donors (Lipinski definition) is 0. The second kappa shape index (κ2) is 15.0. The topological polar surface area (TPSA) is 27.7 Å². The fourth-order valence-electron chi connectivity index (χ4n) is 2.53. The van der Waals surface area contributed by atoms with Crippen LogP contribution >= 0.6 is 0 Å². The lowest BCUT2D eigenvalue weighted by Gasteiger charge is -2.01. The summed E-state index contributed by atoms with van der Waals surface area (Å²) in [5, 5.41) is 6.25. The van der Waals surface area contributed by atoms with Crippen LogP contribution in [0.2, 0.25) is 0 Å². The van der Waals surface area contributed by atoms with Crippen LogP contribution in [0.4, 0.5) is 0 Å². The van der Waals surface area contributed by atoms with E-state index in [0.717, 1.165) is 6.42 Å². The summed E-state index contributed by atoms with van der Waals surface area (Å²) in [6, 6.07) is 4.39. The van der Waals surface area contributed by atoms with E-state index in [1.165, 1.54) is 69.9 Å². The molecule has 0 saturated carbocycles. The van der Waals surface area contributed by atoms with Crippen molar-refractivity contribution in [2.75, 3.05) is 0 Å². The van der Waals surface area contributed by atoms with Crippen LogP contribution in [0.3, 0.4) is 0 Å². The molecule has 0 unspecified atom stereocenters. The summed E-state index contributed by atoms with van der Waals surface area (Å²) in [6.07, 6.45) is 18.3. The fourth-order valence-corrected chi connectivity index (χ4v) is 2.53. The van der Waals surface area contributed by atoms with Crippen LogP contribution in [-0.2, 0) is 13.0 Å². The van der Waals surface area contributed by atoms with Crippen molar-refractivity contribution in [2.24, 2.45) is 0 Å². The Balaban J connectivity index is 0.00000191. The molecule has 0 aromatic carbocycles. The summed E-state index contributed by atoms with van der Waals surface area (Å²) >= 11 is 0. The predicted octanol–water partition coefficient (Wildman–Crippen LogP) is 5.16. The number of unbranched alkanes of at least 4 members (excludes halogenated alkanes) is 8. The summed E-state index contributed by atoms with van der Waals surface area (Å²) in [5.74, 6) is 0. The first-order chi connectivity index (χ1) is 10.4. The van der Waals surface area contributed by atoms with E-state index in [0.29, 0.717) is 0 Å². The molecule has 0 saturated heterocycles. The Kier molecular flexibility index (Phi) is 14.1. The van der Waals surface area contributed by atoms with Crippen LogP contribution in [0.5, 0.6) is 0 Å². The van der Waals surface area contributed by atoms with Crippen molar-refractivity contribution in [3.8, 4) is 0 Å². The second-order valence-corrected chi connectivity index (χ2v) is 5.63. The third kappa shape index (κ3) is 11.0. The van der Waals surface area contributed by atoms with Gasteiger partial charge in [-0.1, -0.05) is 58.8 Å². The molecule has 0 atom stereocenters. The van der Waals surface area contributed by atoms with E-state index < -0.39 is 0 Å². The van der Waals surface area contributed by atoms with Gasteiger partial charge in [-0.25, -0.2) is 4.57 Å². The lowest BCUT2D eigenvalue weighted by atomic mass is 10.1. The molecule has 2 nitrogen and oxygen atoms in total. The molecular formula is C19H32N2. The Morgan fingerprint density at radius 2 is 1.48 bits per heavy atom. The van der Waals surface area contributed by atoms with Crippen LogP contribution in [0, 0.1) is 11.8 Å². The highest BCUT2D eigenvalue weighted by molar-refractivity contribution is 5.04. The number of aromatic nitrogens is 1. The molecule has 0 fully saturated rings. The standard InChI is InChI=1S/C18H32N.CN/c1-3-5-6-7-8-9-10-11-12-15-19-16-13-14-18(4-2)17-19;1-2/h13-14,16-17H,3-12,15H2,1-2H3;/q+1;-1. The molecule has 0 aliphatic carbocycles. The van der Waals surface area contributed by atoms with Gasteiger partial charge >= 0.3 is 0 Å². The molecule has 21 heavy (non-hydrogen) atoms. The number of rotatable bonds is 11. The van der Waals surface area contributed by atoms with E-state index in [-0.39, 0.29) is 0 Å². The van der Waals surface area contributed by atoms with Crippen molar-refractivity contribution in [1.82, 2.24) is 0 Å². The quantitative estimate of drug-likeness (QED) is 0.314. The Hall–Kier alpha value is -1.36. The lowest BCUT2D eigenvalue weighted by Crippen LogP contribution is -2.33. The van der Waals surface area contributed by atoms with Gasteiger partial charge in [0, 0.05) is 18.1 Å². The molecule has 0 aliphatic rings. The first-order valence-electron chi connectivity index (χ1n) is 8.57. The minimum Gasteiger partial charge on any atom is -0.512 e. The Morgan fingerprint density at radius 1 is 0.905 bits per heavy atom. The third-order valence-corrected chi connectivity index (χ3v) is 3.85. The average Bonchev–Trinajstić information content (AvgIpc) is 2.55. The molecule has 0 spiro atoms. The largest absolute Gasteiger partial charge is 0.512 e. The molecule has 1 aromatic heterocycles. The van der Waals surface area contributed by atoms with Gasteiger partial charge in [-0.3, -0.25) is 0 Å². The number of nitrogens with zero attached hydrogens (tertiary/aromatic N) is 2. The Labute approximate surface area is 131 Å². The van der Waals surface area contributed by atoms with Crippen LogP contribution in [0.15, 0.2) is 24.5 Å². The van der Waals surface area contributed by atoms with E-state index in [1.54, 1.807) is 0 Å². The minimum absolute atomic E-state index is 1.14. The van der Waals surface area contributed by atoms with Crippen molar-refractivity contribution in [1.29, 1.82) is 5.26 Å². The zero-order valence-corrected chi connectivity index (χ0v) is 14.0. The summed E-state index contributed by atoms with van der Waals surface area (Å²) in [5.41, 5.74) is 1.44. The van der Waals surface area contributed by atoms with Crippen LogP contribution in [0.1, 0.15) is 77.2 Å². The van der Waals surface area contributed by atoms with Gasteiger partial charge in [-0.05, 0) is 18.9 Å². The molecule has 2 heteroatoms. The number of hydrogen-bond acceptors (Lipinski definition) is 1. The summed E-state index contributed by atoms with van der Waals surface area (Å²) < 4.78 is 2.35. The first-order valence-corrected chi connectivity index (χ1v) is 8.57. The molecule has 118 valence electrons. The van der Waals surface area contributed by atoms with Gasteiger partial charge in [-0.15, -0.1) is 0 Å². The smallest absolute Gasteiger partial charge is 0.171 e. The van der Waals surface area contributed by atoms with Crippen molar-refractivity contribution in [2.45, 2.75) is 84.6 Å². The van der Waals surface area contributed by atoms with Crippen LogP contribution < -0.4 is 4.57 Å². The molecule has 1 heterocycles. The lowest BCUT2D eigenvalue weighted by molar-refractivity contribution is -0.697. The van der Waals surface area contributed by atoms with Gasteiger partial charge in [0.2, 0.25) is 0 Å². The monoisotopic (exact) mass is 288 g/mol. The van der Waals surface area contributed by atoms with Crippen LogP contribution in [-0.4, -0.2) is 0 Å². The fraction of sp³-hybridized carbons (Fsp3) is 0.684. The molecule has 0 aliphatic heterocycles. The van der Waals surface area contributed by atoms with Gasteiger partial charge < -0.3 is 11.8 Å². The highest BCUT2D eigenvalue weighted by atomic mass is 14.9. The first kappa shape index (κ1) is 19.6. The molecule has 0 N–H and O–H groups in total. The predicted molar refractivity (Wildman–Crippen MR) is 88.2 cm³/mol. The Bertz CT molecular complexity index is 358. The van der Waals surface area contributed by atoms with E-state index in [1.807, 2.05) is 0 Å². The normalized spacial score (nSPS) is 9.90. The molecular weight excluding hydrogens is 256 g/mol. The van der Waals surface area contributed by atoms with Crippen molar-refractivity contribution in [3.63, 3.8) is 0 Å². The number of aryl methyl sites for hydroxylation is 2. The zero-order chi connectivity index (χ0) is 15.8. The minimum atomic E-state index is 1.14. The van der Waals surface area contributed by atoms with Crippen LogP contribution in [0.25, 0.3) is 0 Å². The zero-order valence-electron chi connectivity index (χ0n) is 14.0. The van der Waals surface area contributed by atoms with Crippen molar-refractivity contribution in [3.05, 3.63) is 36.7 Å². The van der Waals surface area contributed by atoms with Gasteiger partial charge in [0.05, 0.1) is 0 Å². The highest BCUT2D eigenvalue weighted by Gasteiger charge is 2.01. The van der Waals surface area contributed by atoms with E-state index in [9.17, 15) is 0 Å². The maximum atomic E-state index is 6.25. The maximum absolute atomic E-state index is 6.25. The SMILES string of the molecule is CCCCCCCCCCC[n+]1cccc(CC)c1.[C-]#N. The van der Waals surface area contributed by atoms with Gasteiger partial charge in [0.15, 0.2) is 12.4 Å². The van der Waals surface area contributed by atoms with Gasteiger partial charge in [0.25, 0.3) is 0 Å². The maximum Gasteiger partial charge on any atom is 0.171 e. The molecule has 0 amide bonds. The summed E-state index contributed by atoms with van der Waals surface area (Å²) in [4.78, 5) is 0. The van der Waals surface area contributed by atoms with Gasteiger partial charge in [0.1, 0.15) is 6.54 Å². The average molecular weight is 288 g/mol. The van der Waals surface area contributed by atoms with E-state index in [2.05, 4.69) is 42.9 Å². The van der Waals surface area contributed by atoms with Crippen molar-refractivity contribution >= 4 is 0 Å². The molecule has 1 rings (SSSR count). The third-order valence-electron chi connectivity index (χ3n) is 3.85. The van der Waals surface area contributed by atoms with Crippen molar-refractivity contribution < 1.29 is 4.57 Å². The summed E-state index contributed by atoms with van der Waals surface area (Å²) in [7, 11) is 0. The van der Waals surface area contributed by atoms with Gasteiger partial charge in [-0.2, -0.15) is 0 Å². The number of pyridine rings is 1. The molecule has 0 bridgehead atoms. The molecule has 1 aromatic rings. The van der Waals surface area contributed by atoms with E-state index in [4.69, 9.17) is 11.8 Å². The highest BCUT2D eigenvalue weighted by Crippen LogP contribution is 2.09. The summed E-state index contributed by atoms with van der Waals surface area (Å²) in [6.45, 7) is 10.4. The Morgan fingerprint density at radius 3 is 2.05 bits per heavy atom.